The number of rotatable bonds is 4. The van der Waals surface area contributed by atoms with Crippen LogP contribution in [0.25, 0.3) is 0 Å². The number of hydrogen-bond acceptors (Lipinski definition) is 4. The van der Waals surface area contributed by atoms with Crippen molar-refractivity contribution >= 4 is 16.0 Å². The van der Waals surface area contributed by atoms with Gasteiger partial charge in [0.1, 0.15) is 5.82 Å². The van der Waals surface area contributed by atoms with Crippen LogP contribution in [0.5, 0.6) is 0 Å². The Hall–Kier alpha value is -1.62. The van der Waals surface area contributed by atoms with Crippen molar-refractivity contribution in [3.05, 3.63) is 23.9 Å². The molecular formula is C11H14N4O2S. The van der Waals surface area contributed by atoms with Gasteiger partial charge >= 0.3 is 10.2 Å². The minimum atomic E-state index is -3.54. The fourth-order valence-electron chi connectivity index (χ4n) is 1.30. The Labute approximate surface area is 106 Å². The molecular weight excluding hydrogens is 252 g/mol. The van der Waals surface area contributed by atoms with Crippen molar-refractivity contribution in [1.82, 2.24) is 9.71 Å². The van der Waals surface area contributed by atoms with Crippen molar-refractivity contribution in [2.24, 2.45) is 5.73 Å². The van der Waals surface area contributed by atoms with Gasteiger partial charge in [0.15, 0.2) is 0 Å². The van der Waals surface area contributed by atoms with Crippen LogP contribution in [-0.2, 0) is 10.2 Å². The highest BCUT2D eigenvalue weighted by Crippen LogP contribution is 2.20. The van der Waals surface area contributed by atoms with Crippen LogP contribution >= 0.6 is 0 Å². The van der Waals surface area contributed by atoms with Crippen LogP contribution in [0.15, 0.2) is 18.3 Å². The van der Waals surface area contributed by atoms with E-state index < -0.39 is 10.2 Å². The van der Waals surface area contributed by atoms with E-state index in [1.165, 1.54) is 6.20 Å². The van der Waals surface area contributed by atoms with Gasteiger partial charge in [-0.1, -0.05) is 11.8 Å². The van der Waals surface area contributed by atoms with Crippen LogP contribution in [0, 0.1) is 11.8 Å². The number of nitrogens with zero attached hydrogens (tertiary/aromatic N) is 1. The summed E-state index contributed by atoms with van der Waals surface area (Å²) < 4.78 is 28.2. The zero-order chi connectivity index (χ0) is 13.0. The SMILES string of the molecule is NCC#Cc1ccnc(NS(=O)(=O)NC2CC2)c1. The Morgan fingerprint density at radius 3 is 2.94 bits per heavy atom. The second-order valence-electron chi connectivity index (χ2n) is 3.93. The molecule has 1 aliphatic carbocycles. The predicted octanol–water partition coefficient (Wildman–Crippen LogP) is -0.200. The van der Waals surface area contributed by atoms with E-state index in [9.17, 15) is 8.42 Å². The first-order valence-electron chi connectivity index (χ1n) is 5.54. The van der Waals surface area contributed by atoms with Crippen molar-refractivity contribution in [2.45, 2.75) is 18.9 Å². The standard InChI is InChI=1S/C11H14N4O2S/c12-6-1-2-9-5-7-13-11(8-9)15-18(16,17)14-10-3-4-10/h5,7-8,10,14H,3-4,6,12H2,(H,13,15). The fourth-order valence-corrected chi connectivity index (χ4v) is 2.43. The summed E-state index contributed by atoms with van der Waals surface area (Å²) >= 11 is 0. The Morgan fingerprint density at radius 1 is 1.50 bits per heavy atom. The molecule has 1 aromatic heterocycles. The minimum absolute atomic E-state index is 0.0581. The largest absolute Gasteiger partial charge is 0.320 e. The third-order valence-corrected chi connectivity index (χ3v) is 3.35. The van der Waals surface area contributed by atoms with Crippen molar-refractivity contribution in [3.63, 3.8) is 0 Å². The molecule has 6 nitrogen and oxygen atoms in total. The molecule has 0 unspecified atom stereocenters. The summed E-state index contributed by atoms with van der Waals surface area (Å²) in [5, 5.41) is 0. The zero-order valence-electron chi connectivity index (χ0n) is 9.68. The summed E-state index contributed by atoms with van der Waals surface area (Å²) in [6, 6.07) is 3.31. The lowest BCUT2D eigenvalue weighted by molar-refractivity contribution is 0.586. The molecule has 0 aromatic carbocycles. The van der Waals surface area contributed by atoms with Gasteiger partial charge in [-0.25, -0.2) is 4.98 Å². The fraction of sp³-hybridized carbons (Fsp3) is 0.364. The molecule has 7 heteroatoms. The van der Waals surface area contributed by atoms with E-state index >= 15 is 0 Å². The molecule has 1 heterocycles. The second-order valence-corrected chi connectivity index (χ2v) is 5.38. The first-order valence-corrected chi connectivity index (χ1v) is 7.02. The number of nitrogens with one attached hydrogen (secondary N) is 2. The van der Waals surface area contributed by atoms with Crippen LogP contribution in [0.4, 0.5) is 5.82 Å². The molecule has 2 rings (SSSR count). The summed E-state index contributed by atoms with van der Waals surface area (Å²) in [7, 11) is -3.54. The summed E-state index contributed by atoms with van der Waals surface area (Å²) in [6.07, 6.45) is 3.27. The van der Waals surface area contributed by atoms with Crippen LogP contribution < -0.4 is 15.2 Å². The van der Waals surface area contributed by atoms with E-state index in [1.54, 1.807) is 12.1 Å². The molecule has 0 radical (unpaired) electrons. The highest BCUT2D eigenvalue weighted by molar-refractivity contribution is 7.90. The maximum atomic E-state index is 11.7. The van der Waals surface area contributed by atoms with Gasteiger partial charge in [0, 0.05) is 17.8 Å². The topological polar surface area (TPSA) is 97.1 Å². The summed E-state index contributed by atoms with van der Waals surface area (Å²) in [4.78, 5) is 3.93. The van der Waals surface area contributed by atoms with Crippen LogP contribution in [0.2, 0.25) is 0 Å². The third-order valence-electron chi connectivity index (χ3n) is 2.23. The molecule has 0 atom stereocenters. The first kappa shape index (κ1) is 12.8. The molecule has 1 fully saturated rings. The lowest BCUT2D eigenvalue weighted by Gasteiger charge is -2.07. The first-order chi connectivity index (χ1) is 8.59. The van der Waals surface area contributed by atoms with Gasteiger partial charge in [-0.15, -0.1) is 0 Å². The van der Waals surface area contributed by atoms with E-state index in [4.69, 9.17) is 5.73 Å². The van der Waals surface area contributed by atoms with Crippen molar-refractivity contribution < 1.29 is 8.42 Å². The second kappa shape index (κ2) is 5.35. The number of hydrogen-bond donors (Lipinski definition) is 3. The molecule has 0 aliphatic heterocycles. The summed E-state index contributed by atoms with van der Waals surface area (Å²) in [6.45, 7) is 0.257. The van der Waals surface area contributed by atoms with Gasteiger partial charge < -0.3 is 5.73 Å². The number of anilines is 1. The van der Waals surface area contributed by atoms with Crippen LogP contribution in [-0.4, -0.2) is 26.0 Å². The Balaban J connectivity index is 2.08. The molecule has 1 aromatic rings. The van der Waals surface area contributed by atoms with E-state index in [1.807, 2.05) is 0 Å². The molecule has 18 heavy (non-hydrogen) atoms. The number of pyridine rings is 1. The summed E-state index contributed by atoms with van der Waals surface area (Å²) in [5.74, 6) is 5.75. The van der Waals surface area contributed by atoms with E-state index in [0.29, 0.717) is 5.56 Å². The Kier molecular flexibility index (Phi) is 3.81. The molecule has 96 valence electrons. The smallest absolute Gasteiger partial charge is 0.300 e. The van der Waals surface area contributed by atoms with E-state index in [-0.39, 0.29) is 18.4 Å². The van der Waals surface area contributed by atoms with Crippen LogP contribution in [0.1, 0.15) is 18.4 Å². The summed E-state index contributed by atoms with van der Waals surface area (Å²) in [5.41, 5.74) is 5.93. The normalized spacial score (nSPS) is 14.7. The van der Waals surface area contributed by atoms with Gasteiger partial charge in [-0.3, -0.25) is 4.72 Å². The average Bonchev–Trinajstić information content (AvgIpc) is 3.09. The molecule has 1 saturated carbocycles. The molecule has 4 N–H and O–H groups in total. The molecule has 0 bridgehead atoms. The lowest BCUT2D eigenvalue weighted by atomic mass is 10.2. The maximum Gasteiger partial charge on any atom is 0.300 e. The average molecular weight is 266 g/mol. The third kappa shape index (κ3) is 4.00. The molecule has 0 saturated heterocycles. The predicted molar refractivity (Wildman–Crippen MR) is 68.9 cm³/mol. The molecule has 1 aliphatic rings. The molecule has 0 spiro atoms. The van der Waals surface area contributed by atoms with Gasteiger partial charge in [-0.2, -0.15) is 13.1 Å². The van der Waals surface area contributed by atoms with E-state index in [2.05, 4.69) is 26.3 Å². The van der Waals surface area contributed by atoms with Crippen molar-refractivity contribution in [2.75, 3.05) is 11.3 Å². The number of aromatic nitrogens is 1. The monoisotopic (exact) mass is 266 g/mol. The Morgan fingerprint density at radius 2 is 2.28 bits per heavy atom. The van der Waals surface area contributed by atoms with Crippen LogP contribution in [0.3, 0.4) is 0 Å². The quantitative estimate of drug-likeness (QED) is 0.657. The molecule has 0 amide bonds. The van der Waals surface area contributed by atoms with Crippen molar-refractivity contribution in [3.8, 4) is 11.8 Å². The number of nitrogens with two attached hydrogens (primary N) is 1. The van der Waals surface area contributed by atoms with Crippen molar-refractivity contribution in [1.29, 1.82) is 0 Å². The Bertz CT molecular complexity index is 585. The van der Waals surface area contributed by atoms with Gasteiger partial charge in [0.05, 0.1) is 6.54 Å². The zero-order valence-corrected chi connectivity index (χ0v) is 10.5. The highest BCUT2D eigenvalue weighted by Gasteiger charge is 2.26. The van der Waals surface area contributed by atoms with Gasteiger partial charge in [-0.05, 0) is 25.0 Å². The van der Waals surface area contributed by atoms with Gasteiger partial charge in [0.25, 0.3) is 0 Å². The lowest BCUT2D eigenvalue weighted by Crippen LogP contribution is -2.32. The van der Waals surface area contributed by atoms with Gasteiger partial charge in [0.2, 0.25) is 0 Å². The maximum absolute atomic E-state index is 11.7. The highest BCUT2D eigenvalue weighted by atomic mass is 32.2. The minimum Gasteiger partial charge on any atom is -0.320 e. The van der Waals surface area contributed by atoms with E-state index in [0.717, 1.165) is 12.8 Å².